The molecule has 21 heavy (non-hydrogen) atoms. The summed E-state index contributed by atoms with van der Waals surface area (Å²) in [6, 6.07) is 7.48. The van der Waals surface area contributed by atoms with Gasteiger partial charge in [0.1, 0.15) is 0 Å². The molecule has 0 aliphatic carbocycles. The molecular formula is C16H26BrNO3. The Balaban J connectivity index is 0. The molecule has 0 unspecified atom stereocenters. The van der Waals surface area contributed by atoms with Crippen molar-refractivity contribution in [1.29, 1.82) is 0 Å². The minimum atomic E-state index is -0.852. The van der Waals surface area contributed by atoms with Crippen molar-refractivity contribution in [3.05, 3.63) is 34.3 Å². The van der Waals surface area contributed by atoms with Gasteiger partial charge in [-0.2, -0.15) is 0 Å². The highest BCUT2D eigenvalue weighted by molar-refractivity contribution is 9.10. The molecule has 0 aliphatic heterocycles. The van der Waals surface area contributed by atoms with Crippen LogP contribution in [0, 0.1) is 0 Å². The van der Waals surface area contributed by atoms with Crippen LogP contribution in [0.3, 0.4) is 0 Å². The molecule has 0 fully saturated rings. The van der Waals surface area contributed by atoms with E-state index in [1.807, 2.05) is 52.0 Å². The molecule has 0 aliphatic rings. The summed E-state index contributed by atoms with van der Waals surface area (Å²) >= 11 is 3.33. The molecule has 1 amide bonds. The second-order valence-corrected chi connectivity index (χ2v) is 4.68. The van der Waals surface area contributed by atoms with Gasteiger partial charge in [0, 0.05) is 11.0 Å². The van der Waals surface area contributed by atoms with Gasteiger partial charge >= 0.3 is 11.9 Å². The molecule has 0 spiro atoms. The van der Waals surface area contributed by atoms with Crippen LogP contribution in [-0.4, -0.2) is 18.0 Å². The molecule has 1 aromatic rings. The minimum Gasteiger partial charge on any atom is -0.456 e. The Bertz CT molecular complexity index is 420. The highest BCUT2D eigenvalue weighted by Gasteiger charge is 2.15. The Kier molecular flexibility index (Phi) is 14.2. The first-order valence-electron chi connectivity index (χ1n) is 7.22. The number of amides is 1. The molecule has 1 N–H and O–H groups in total. The summed E-state index contributed by atoms with van der Waals surface area (Å²) in [7, 11) is 0. The lowest BCUT2D eigenvalue weighted by molar-refractivity contribution is -0.157. The normalized spacial score (nSPS) is 8.76. The van der Waals surface area contributed by atoms with Crippen molar-refractivity contribution >= 4 is 27.8 Å². The van der Waals surface area contributed by atoms with Crippen LogP contribution in [0.2, 0.25) is 0 Å². The Morgan fingerprint density at radius 3 is 2.24 bits per heavy atom. The highest BCUT2D eigenvalue weighted by Crippen LogP contribution is 2.11. The fraction of sp³-hybridized carbons (Fsp3) is 0.500. The number of esters is 1. The monoisotopic (exact) mass is 359 g/mol. The number of hydrogen-bond donors (Lipinski definition) is 1. The number of carbonyl (C=O) groups excluding carboxylic acids is 2. The molecule has 0 bridgehead atoms. The summed E-state index contributed by atoms with van der Waals surface area (Å²) in [5.41, 5.74) is 0.907. The maximum Gasteiger partial charge on any atom is 0.397 e. The van der Waals surface area contributed by atoms with Gasteiger partial charge in [-0.25, -0.2) is 4.79 Å². The van der Waals surface area contributed by atoms with E-state index < -0.39 is 11.9 Å². The molecule has 0 aromatic heterocycles. The lowest BCUT2D eigenvalue weighted by atomic mass is 10.2. The summed E-state index contributed by atoms with van der Waals surface area (Å²) in [6.45, 7) is 11.7. The number of hydrogen-bond acceptors (Lipinski definition) is 3. The molecular weight excluding hydrogens is 334 g/mol. The molecule has 0 heterocycles. The van der Waals surface area contributed by atoms with E-state index in [9.17, 15) is 9.59 Å². The van der Waals surface area contributed by atoms with Gasteiger partial charge in [0.2, 0.25) is 0 Å². The first-order chi connectivity index (χ1) is 9.99. The zero-order chi connectivity index (χ0) is 16.8. The first kappa shape index (κ1) is 21.9. The minimum absolute atomic E-state index is 0.292. The van der Waals surface area contributed by atoms with Gasteiger partial charge in [0.25, 0.3) is 0 Å². The lowest BCUT2D eigenvalue weighted by Crippen LogP contribution is -2.33. The van der Waals surface area contributed by atoms with Crippen molar-refractivity contribution in [2.24, 2.45) is 0 Å². The van der Waals surface area contributed by atoms with Crippen LogP contribution in [0.4, 0.5) is 0 Å². The molecule has 0 saturated carbocycles. The number of carbonyl (C=O) groups is 2. The Labute approximate surface area is 136 Å². The van der Waals surface area contributed by atoms with Crippen molar-refractivity contribution in [1.82, 2.24) is 5.32 Å². The molecule has 0 saturated heterocycles. The molecule has 5 heteroatoms. The first-order valence-corrected chi connectivity index (χ1v) is 8.01. The predicted octanol–water partition coefficient (Wildman–Crippen LogP) is 4.07. The van der Waals surface area contributed by atoms with Gasteiger partial charge < -0.3 is 10.1 Å². The van der Waals surface area contributed by atoms with Crippen LogP contribution in [0.1, 0.15) is 47.1 Å². The molecule has 4 nitrogen and oxygen atoms in total. The van der Waals surface area contributed by atoms with E-state index in [0.29, 0.717) is 6.54 Å². The van der Waals surface area contributed by atoms with E-state index in [2.05, 4.69) is 21.2 Å². The largest absolute Gasteiger partial charge is 0.456 e. The van der Waals surface area contributed by atoms with Crippen LogP contribution in [0.5, 0.6) is 0 Å². The summed E-state index contributed by atoms with van der Waals surface area (Å²) < 4.78 is 5.69. The Morgan fingerprint density at radius 1 is 1.19 bits per heavy atom. The number of ether oxygens (including phenoxy) is 1. The van der Waals surface area contributed by atoms with Gasteiger partial charge in [0.05, 0.1) is 6.10 Å². The third-order valence-corrected chi connectivity index (χ3v) is 2.36. The van der Waals surface area contributed by atoms with Crippen molar-refractivity contribution in [2.75, 3.05) is 0 Å². The van der Waals surface area contributed by atoms with Crippen LogP contribution in [-0.2, 0) is 20.9 Å². The summed E-state index contributed by atoms with van der Waals surface area (Å²) in [5, 5.41) is 2.50. The Morgan fingerprint density at radius 2 is 1.76 bits per heavy atom. The average Bonchev–Trinajstić information content (AvgIpc) is 2.48. The fourth-order valence-electron chi connectivity index (χ4n) is 1.17. The van der Waals surface area contributed by atoms with Gasteiger partial charge in [-0.05, 0) is 31.5 Å². The lowest BCUT2D eigenvalue weighted by Gasteiger charge is -2.08. The van der Waals surface area contributed by atoms with E-state index in [1.165, 1.54) is 0 Å². The third kappa shape index (κ3) is 11.0. The average molecular weight is 360 g/mol. The summed E-state index contributed by atoms with van der Waals surface area (Å²) in [5.74, 6) is -1.58. The van der Waals surface area contributed by atoms with Crippen LogP contribution < -0.4 is 5.32 Å². The highest BCUT2D eigenvalue weighted by atomic mass is 79.9. The van der Waals surface area contributed by atoms with E-state index in [0.717, 1.165) is 10.0 Å². The number of halogens is 1. The molecule has 0 radical (unpaired) electrons. The predicted molar refractivity (Wildman–Crippen MR) is 89.9 cm³/mol. The second-order valence-electron chi connectivity index (χ2n) is 3.77. The van der Waals surface area contributed by atoms with E-state index in [-0.39, 0.29) is 6.10 Å². The van der Waals surface area contributed by atoms with E-state index >= 15 is 0 Å². The van der Waals surface area contributed by atoms with Crippen LogP contribution in [0.15, 0.2) is 28.7 Å². The topological polar surface area (TPSA) is 55.4 Å². The maximum absolute atomic E-state index is 11.3. The summed E-state index contributed by atoms with van der Waals surface area (Å²) in [4.78, 5) is 22.5. The van der Waals surface area contributed by atoms with Crippen molar-refractivity contribution in [2.45, 2.75) is 54.2 Å². The van der Waals surface area contributed by atoms with Gasteiger partial charge in [0.15, 0.2) is 0 Å². The molecule has 0 atom stereocenters. The van der Waals surface area contributed by atoms with Gasteiger partial charge in [-0.1, -0.05) is 55.8 Å². The molecule has 1 aromatic carbocycles. The maximum atomic E-state index is 11.3. The second kappa shape index (κ2) is 13.6. The number of benzene rings is 1. The zero-order valence-electron chi connectivity index (χ0n) is 13.7. The van der Waals surface area contributed by atoms with Gasteiger partial charge in [-0.15, -0.1) is 0 Å². The van der Waals surface area contributed by atoms with E-state index in [1.54, 1.807) is 13.8 Å². The quantitative estimate of drug-likeness (QED) is 0.653. The SMILES string of the molecule is CC.CC.CC(C)OC(=O)C(=O)NCc1cccc(Br)c1. The smallest absolute Gasteiger partial charge is 0.397 e. The summed E-state index contributed by atoms with van der Waals surface area (Å²) in [6.07, 6.45) is -0.292. The van der Waals surface area contributed by atoms with Crippen molar-refractivity contribution < 1.29 is 14.3 Å². The Hall–Kier alpha value is -1.36. The standard InChI is InChI=1S/C12H14BrNO3.2C2H6/c1-8(2)17-12(16)11(15)14-7-9-4-3-5-10(13)6-9;2*1-2/h3-6,8H,7H2,1-2H3,(H,14,15);2*1-2H3. The number of rotatable bonds is 3. The number of nitrogens with one attached hydrogen (secondary N) is 1. The van der Waals surface area contributed by atoms with Crippen molar-refractivity contribution in [3.63, 3.8) is 0 Å². The fourth-order valence-corrected chi connectivity index (χ4v) is 1.62. The van der Waals surface area contributed by atoms with Crippen LogP contribution in [0.25, 0.3) is 0 Å². The van der Waals surface area contributed by atoms with Crippen LogP contribution >= 0.6 is 15.9 Å². The zero-order valence-corrected chi connectivity index (χ0v) is 15.3. The third-order valence-electron chi connectivity index (χ3n) is 1.87. The molecule has 120 valence electrons. The molecule has 1 rings (SSSR count). The van der Waals surface area contributed by atoms with E-state index in [4.69, 9.17) is 4.74 Å². The van der Waals surface area contributed by atoms with Crippen molar-refractivity contribution in [3.8, 4) is 0 Å². The van der Waals surface area contributed by atoms with Gasteiger partial charge in [-0.3, -0.25) is 4.79 Å².